The first-order chi connectivity index (χ1) is 10.8. The molecule has 0 aliphatic carbocycles. The van der Waals surface area contributed by atoms with Crippen LogP contribution in [0.2, 0.25) is 5.02 Å². The highest BCUT2D eigenvalue weighted by atomic mass is 35.5. The van der Waals surface area contributed by atoms with E-state index in [1.807, 2.05) is 18.2 Å². The van der Waals surface area contributed by atoms with E-state index in [2.05, 4.69) is 35.7 Å². The van der Waals surface area contributed by atoms with Crippen LogP contribution in [0.1, 0.15) is 12.0 Å². The van der Waals surface area contributed by atoms with E-state index in [0.29, 0.717) is 0 Å². The number of halogens is 1. The van der Waals surface area contributed by atoms with Crippen molar-refractivity contribution in [2.45, 2.75) is 16.2 Å². The van der Waals surface area contributed by atoms with Crippen LogP contribution in [0.3, 0.4) is 0 Å². The van der Waals surface area contributed by atoms with Crippen molar-refractivity contribution in [3.63, 3.8) is 0 Å². The predicted octanol–water partition coefficient (Wildman–Crippen LogP) is 4.85. The zero-order valence-corrected chi connectivity index (χ0v) is 13.5. The van der Waals surface area contributed by atoms with Gasteiger partial charge < -0.3 is 5.32 Å². The molecule has 22 heavy (non-hydrogen) atoms. The maximum absolute atomic E-state index is 6.25. The molecule has 2 nitrogen and oxygen atoms in total. The molecule has 0 bridgehead atoms. The molecule has 0 saturated carbocycles. The summed E-state index contributed by atoms with van der Waals surface area (Å²) in [7, 11) is 0. The standard InChI is InChI=1S/C18H15ClN2S/c19-13-7-8-16-14(10-13)18(12-4-3-9-20-11-12)21-15-5-1-2-6-17(15)22-16/h1-2,4-8,10,20H,3,9,11H2. The van der Waals surface area contributed by atoms with Crippen LogP contribution in [0.4, 0.5) is 5.69 Å². The Kier molecular flexibility index (Phi) is 3.78. The third-order valence-electron chi connectivity index (χ3n) is 3.85. The number of aliphatic imine (C=N–C) groups is 1. The highest BCUT2D eigenvalue weighted by Crippen LogP contribution is 2.41. The summed E-state index contributed by atoms with van der Waals surface area (Å²) in [5.74, 6) is 0. The third kappa shape index (κ3) is 2.60. The molecular weight excluding hydrogens is 312 g/mol. The van der Waals surface area contributed by atoms with Gasteiger partial charge in [-0.15, -0.1) is 0 Å². The Hall–Kier alpha value is -1.55. The second-order valence-corrected chi connectivity index (χ2v) is 6.89. The molecule has 0 fully saturated rings. The lowest BCUT2D eigenvalue weighted by atomic mass is 9.99. The Bertz CT molecular complexity index is 795. The van der Waals surface area contributed by atoms with Gasteiger partial charge >= 0.3 is 0 Å². The molecule has 1 N–H and O–H groups in total. The minimum Gasteiger partial charge on any atom is -0.312 e. The van der Waals surface area contributed by atoms with Crippen molar-refractivity contribution < 1.29 is 0 Å². The Morgan fingerprint density at radius 3 is 2.86 bits per heavy atom. The number of fused-ring (bicyclic) bond motifs is 2. The smallest absolute Gasteiger partial charge is 0.0776 e. The van der Waals surface area contributed by atoms with Crippen LogP contribution < -0.4 is 5.32 Å². The van der Waals surface area contributed by atoms with E-state index in [0.717, 1.165) is 41.5 Å². The molecule has 0 saturated heterocycles. The van der Waals surface area contributed by atoms with Crippen molar-refractivity contribution in [3.8, 4) is 0 Å². The summed E-state index contributed by atoms with van der Waals surface area (Å²) in [6, 6.07) is 14.4. The van der Waals surface area contributed by atoms with E-state index in [1.54, 1.807) is 11.8 Å². The van der Waals surface area contributed by atoms with Crippen LogP contribution in [0.25, 0.3) is 0 Å². The first-order valence-electron chi connectivity index (χ1n) is 7.37. The lowest BCUT2D eigenvalue weighted by Crippen LogP contribution is -2.26. The Morgan fingerprint density at radius 2 is 2.00 bits per heavy atom. The lowest BCUT2D eigenvalue weighted by Gasteiger charge is -2.17. The fourth-order valence-electron chi connectivity index (χ4n) is 2.78. The van der Waals surface area contributed by atoms with E-state index in [1.165, 1.54) is 15.4 Å². The molecule has 0 spiro atoms. The minimum atomic E-state index is 0.752. The molecule has 4 rings (SSSR count). The second kappa shape index (κ2) is 5.92. The van der Waals surface area contributed by atoms with Crippen LogP contribution in [-0.2, 0) is 0 Å². The second-order valence-electron chi connectivity index (χ2n) is 5.37. The average molecular weight is 327 g/mol. The quantitative estimate of drug-likeness (QED) is 0.810. The molecular formula is C18H15ClN2S. The minimum absolute atomic E-state index is 0.752. The number of hydrogen-bond acceptors (Lipinski definition) is 3. The van der Waals surface area contributed by atoms with Gasteiger partial charge in [-0.2, -0.15) is 0 Å². The number of para-hydroxylation sites is 1. The molecule has 2 aromatic rings. The summed E-state index contributed by atoms with van der Waals surface area (Å²) in [4.78, 5) is 7.37. The lowest BCUT2D eigenvalue weighted by molar-refractivity contribution is 0.716. The maximum Gasteiger partial charge on any atom is 0.0776 e. The van der Waals surface area contributed by atoms with Gasteiger partial charge in [0.15, 0.2) is 0 Å². The number of hydrogen-bond donors (Lipinski definition) is 1. The fourth-order valence-corrected chi connectivity index (χ4v) is 3.96. The zero-order valence-electron chi connectivity index (χ0n) is 12.0. The summed E-state index contributed by atoms with van der Waals surface area (Å²) in [5.41, 5.74) is 4.46. The van der Waals surface area contributed by atoms with Gasteiger partial charge in [-0.05, 0) is 48.9 Å². The SMILES string of the molecule is Clc1ccc2c(c1)C(C1=CCCNC1)=Nc1ccccc1S2. The topological polar surface area (TPSA) is 24.4 Å². The summed E-state index contributed by atoms with van der Waals surface area (Å²) >= 11 is 8.01. The molecule has 2 aliphatic heterocycles. The van der Waals surface area contributed by atoms with E-state index in [4.69, 9.17) is 16.6 Å². The summed E-state index contributed by atoms with van der Waals surface area (Å²) in [6.45, 7) is 1.89. The van der Waals surface area contributed by atoms with Crippen molar-refractivity contribution in [1.29, 1.82) is 0 Å². The monoisotopic (exact) mass is 326 g/mol. The largest absolute Gasteiger partial charge is 0.312 e. The number of benzene rings is 2. The molecule has 0 amide bonds. The van der Waals surface area contributed by atoms with Gasteiger partial charge in [-0.25, -0.2) is 4.99 Å². The summed E-state index contributed by atoms with van der Waals surface area (Å²) < 4.78 is 0. The molecule has 0 atom stereocenters. The van der Waals surface area contributed by atoms with Crippen molar-refractivity contribution >= 4 is 34.8 Å². The van der Waals surface area contributed by atoms with Gasteiger partial charge in [0.1, 0.15) is 0 Å². The molecule has 0 unspecified atom stereocenters. The summed E-state index contributed by atoms with van der Waals surface area (Å²) in [6.07, 6.45) is 3.33. The molecule has 0 radical (unpaired) electrons. The van der Waals surface area contributed by atoms with Gasteiger partial charge in [0.2, 0.25) is 0 Å². The molecule has 2 aromatic carbocycles. The maximum atomic E-state index is 6.25. The first kappa shape index (κ1) is 14.1. The average Bonchev–Trinajstić information content (AvgIpc) is 2.72. The highest BCUT2D eigenvalue weighted by Gasteiger charge is 2.21. The van der Waals surface area contributed by atoms with Gasteiger partial charge in [0.25, 0.3) is 0 Å². The fraction of sp³-hybridized carbons (Fsp3) is 0.167. The van der Waals surface area contributed by atoms with Crippen LogP contribution in [0, 0.1) is 0 Å². The predicted molar refractivity (Wildman–Crippen MR) is 93.8 cm³/mol. The zero-order chi connectivity index (χ0) is 14.9. The van der Waals surface area contributed by atoms with Gasteiger partial charge in [-0.1, -0.05) is 41.6 Å². The molecule has 110 valence electrons. The van der Waals surface area contributed by atoms with Crippen LogP contribution in [0.5, 0.6) is 0 Å². The van der Waals surface area contributed by atoms with E-state index in [9.17, 15) is 0 Å². The van der Waals surface area contributed by atoms with E-state index >= 15 is 0 Å². The van der Waals surface area contributed by atoms with Gasteiger partial charge in [0.05, 0.1) is 11.4 Å². The molecule has 2 aliphatic rings. The normalized spacial score (nSPS) is 17.0. The number of rotatable bonds is 1. The van der Waals surface area contributed by atoms with Gasteiger partial charge in [0, 0.05) is 26.9 Å². The van der Waals surface area contributed by atoms with E-state index in [-0.39, 0.29) is 0 Å². The van der Waals surface area contributed by atoms with Crippen LogP contribution in [-0.4, -0.2) is 18.8 Å². The van der Waals surface area contributed by atoms with Crippen LogP contribution >= 0.6 is 23.4 Å². The summed E-state index contributed by atoms with van der Waals surface area (Å²) in [5, 5.41) is 4.19. The Morgan fingerprint density at radius 1 is 1.09 bits per heavy atom. The number of nitrogens with one attached hydrogen (secondary N) is 1. The van der Waals surface area contributed by atoms with Crippen molar-refractivity contribution in [1.82, 2.24) is 5.32 Å². The molecule has 2 heterocycles. The molecule has 4 heteroatoms. The van der Waals surface area contributed by atoms with Crippen molar-refractivity contribution in [3.05, 3.63) is 64.7 Å². The number of nitrogens with zero attached hydrogens (tertiary/aromatic N) is 1. The highest BCUT2D eigenvalue weighted by molar-refractivity contribution is 7.99. The first-order valence-corrected chi connectivity index (χ1v) is 8.56. The van der Waals surface area contributed by atoms with E-state index < -0.39 is 0 Å². The van der Waals surface area contributed by atoms with Crippen molar-refractivity contribution in [2.75, 3.05) is 13.1 Å². The van der Waals surface area contributed by atoms with Crippen molar-refractivity contribution in [2.24, 2.45) is 4.99 Å². The third-order valence-corrected chi connectivity index (χ3v) is 5.22. The Balaban J connectivity index is 1.95. The molecule has 0 aromatic heterocycles. The van der Waals surface area contributed by atoms with Crippen LogP contribution in [0.15, 0.2) is 68.9 Å². The Labute approximate surface area is 139 Å². The van der Waals surface area contributed by atoms with Gasteiger partial charge in [-0.3, -0.25) is 0 Å².